The highest BCUT2D eigenvalue weighted by atomic mass is 32.2. The number of carbonyl (C=O) groups is 1. The number of thioether (sulfide) groups is 1. The van der Waals surface area contributed by atoms with Crippen molar-refractivity contribution in [1.82, 2.24) is 14.9 Å². The second kappa shape index (κ2) is 7.81. The molecule has 0 spiro atoms. The SMILES string of the molecule is CCS(=O)(=O)NC(CCSC)C(=O)Nc1n[nH]c(C)c1C. The van der Waals surface area contributed by atoms with Gasteiger partial charge < -0.3 is 5.32 Å². The Balaban J connectivity index is 2.82. The molecule has 0 radical (unpaired) electrons. The molecule has 1 unspecified atom stereocenters. The molecular weight excluding hydrogens is 312 g/mol. The molecule has 0 saturated heterocycles. The van der Waals surface area contributed by atoms with Crippen LogP contribution >= 0.6 is 11.8 Å². The van der Waals surface area contributed by atoms with E-state index in [-0.39, 0.29) is 5.75 Å². The minimum atomic E-state index is -3.44. The minimum absolute atomic E-state index is 0.0589. The van der Waals surface area contributed by atoms with Crippen molar-refractivity contribution in [3.63, 3.8) is 0 Å². The minimum Gasteiger partial charge on any atom is -0.308 e. The summed E-state index contributed by atoms with van der Waals surface area (Å²) in [5.74, 6) is 0.664. The third-order valence-corrected chi connectivity index (χ3v) is 5.17. The van der Waals surface area contributed by atoms with Crippen molar-refractivity contribution in [1.29, 1.82) is 0 Å². The zero-order valence-electron chi connectivity index (χ0n) is 12.7. The summed E-state index contributed by atoms with van der Waals surface area (Å²) in [6.07, 6.45) is 2.33. The Morgan fingerprint density at radius 3 is 2.57 bits per heavy atom. The van der Waals surface area contributed by atoms with Crippen LogP contribution in [0.1, 0.15) is 24.6 Å². The lowest BCUT2D eigenvalue weighted by Gasteiger charge is -2.17. The number of aromatic nitrogens is 2. The Hall–Kier alpha value is -1.06. The van der Waals surface area contributed by atoms with Gasteiger partial charge in [-0.15, -0.1) is 0 Å². The quantitative estimate of drug-likeness (QED) is 0.658. The van der Waals surface area contributed by atoms with Gasteiger partial charge in [0, 0.05) is 11.3 Å². The second-order valence-electron chi connectivity index (χ2n) is 4.67. The Morgan fingerprint density at radius 2 is 2.10 bits per heavy atom. The maximum atomic E-state index is 12.3. The van der Waals surface area contributed by atoms with Crippen LogP contribution in [0.4, 0.5) is 5.82 Å². The number of anilines is 1. The van der Waals surface area contributed by atoms with Gasteiger partial charge in [0.2, 0.25) is 15.9 Å². The molecule has 0 aliphatic rings. The van der Waals surface area contributed by atoms with Crippen LogP contribution in [0.3, 0.4) is 0 Å². The predicted molar refractivity (Wildman–Crippen MR) is 86.1 cm³/mol. The molecule has 0 aromatic carbocycles. The van der Waals surface area contributed by atoms with E-state index in [1.807, 2.05) is 20.1 Å². The van der Waals surface area contributed by atoms with Crippen LogP contribution in [0.5, 0.6) is 0 Å². The van der Waals surface area contributed by atoms with Crippen molar-refractivity contribution in [2.45, 2.75) is 33.2 Å². The lowest BCUT2D eigenvalue weighted by molar-refractivity contribution is -0.117. The van der Waals surface area contributed by atoms with Gasteiger partial charge in [-0.1, -0.05) is 0 Å². The number of carbonyl (C=O) groups excluding carboxylic acids is 1. The van der Waals surface area contributed by atoms with Gasteiger partial charge in [0.25, 0.3) is 0 Å². The number of aromatic amines is 1. The maximum absolute atomic E-state index is 12.3. The molecule has 1 aromatic rings. The Morgan fingerprint density at radius 1 is 1.43 bits per heavy atom. The number of hydrogen-bond acceptors (Lipinski definition) is 5. The van der Waals surface area contributed by atoms with Gasteiger partial charge in [0.05, 0.1) is 5.75 Å². The molecule has 1 aromatic heterocycles. The average Bonchev–Trinajstić information content (AvgIpc) is 2.75. The first kappa shape index (κ1) is 18.0. The summed E-state index contributed by atoms with van der Waals surface area (Å²) in [5, 5.41) is 9.44. The van der Waals surface area contributed by atoms with Crippen LogP contribution < -0.4 is 10.0 Å². The van der Waals surface area contributed by atoms with Gasteiger partial charge >= 0.3 is 0 Å². The molecule has 3 N–H and O–H groups in total. The van der Waals surface area contributed by atoms with E-state index in [9.17, 15) is 13.2 Å². The fourth-order valence-electron chi connectivity index (χ4n) is 1.59. The number of rotatable bonds is 8. The second-order valence-corrected chi connectivity index (χ2v) is 7.69. The number of aryl methyl sites for hydroxylation is 1. The molecule has 1 atom stereocenters. The zero-order chi connectivity index (χ0) is 16.0. The van der Waals surface area contributed by atoms with Gasteiger partial charge in [-0.3, -0.25) is 9.89 Å². The lowest BCUT2D eigenvalue weighted by Crippen LogP contribution is -2.44. The molecule has 0 saturated carbocycles. The van der Waals surface area contributed by atoms with Gasteiger partial charge in [0.1, 0.15) is 6.04 Å². The molecule has 0 aliphatic carbocycles. The number of hydrogen-bond donors (Lipinski definition) is 3. The maximum Gasteiger partial charge on any atom is 0.243 e. The topological polar surface area (TPSA) is 104 Å². The molecule has 0 fully saturated rings. The molecule has 1 amide bonds. The lowest BCUT2D eigenvalue weighted by atomic mass is 10.2. The van der Waals surface area contributed by atoms with Crippen molar-refractivity contribution in [3.8, 4) is 0 Å². The molecule has 0 bridgehead atoms. The van der Waals surface area contributed by atoms with Crippen molar-refractivity contribution in [2.24, 2.45) is 0 Å². The Labute approximate surface area is 129 Å². The van der Waals surface area contributed by atoms with E-state index in [0.29, 0.717) is 18.0 Å². The van der Waals surface area contributed by atoms with Crippen LogP contribution in [0.15, 0.2) is 0 Å². The zero-order valence-corrected chi connectivity index (χ0v) is 14.3. The van der Waals surface area contributed by atoms with E-state index in [4.69, 9.17) is 0 Å². The first-order valence-corrected chi connectivity index (χ1v) is 9.66. The van der Waals surface area contributed by atoms with E-state index in [0.717, 1.165) is 11.3 Å². The van der Waals surface area contributed by atoms with Crippen molar-refractivity contribution in [3.05, 3.63) is 11.3 Å². The Bertz CT molecular complexity index is 583. The third kappa shape index (κ3) is 5.33. The first-order chi connectivity index (χ1) is 9.80. The highest BCUT2D eigenvalue weighted by molar-refractivity contribution is 7.98. The van der Waals surface area contributed by atoms with Crippen LogP contribution in [0.25, 0.3) is 0 Å². The molecule has 1 heterocycles. The van der Waals surface area contributed by atoms with E-state index in [1.54, 1.807) is 11.8 Å². The molecular formula is C12H22N4O3S2. The summed E-state index contributed by atoms with van der Waals surface area (Å²) in [4.78, 5) is 12.3. The molecule has 9 heteroatoms. The van der Waals surface area contributed by atoms with E-state index in [1.165, 1.54) is 6.92 Å². The van der Waals surface area contributed by atoms with Gasteiger partial charge in [-0.2, -0.15) is 16.9 Å². The predicted octanol–water partition coefficient (Wildman–Crippen LogP) is 1.03. The third-order valence-electron chi connectivity index (χ3n) is 3.12. The molecule has 120 valence electrons. The number of amides is 1. The largest absolute Gasteiger partial charge is 0.308 e. The van der Waals surface area contributed by atoms with Crippen molar-refractivity contribution < 1.29 is 13.2 Å². The van der Waals surface area contributed by atoms with Crippen LogP contribution in [0.2, 0.25) is 0 Å². The number of nitrogens with zero attached hydrogens (tertiary/aromatic N) is 1. The number of H-pyrrole nitrogens is 1. The highest BCUT2D eigenvalue weighted by Crippen LogP contribution is 2.14. The van der Waals surface area contributed by atoms with Crippen LogP contribution in [-0.2, 0) is 14.8 Å². The number of sulfonamides is 1. The molecule has 0 aliphatic heterocycles. The van der Waals surface area contributed by atoms with Gasteiger partial charge in [-0.25, -0.2) is 13.1 Å². The fraction of sp³-hybridized carbons (Fsp3) is 0.667. The summed E-state index contributed by atoms with van der Waals surface area (Å²) in [6.45, 7) is 5.22. The van der Waals surface area contributed by atoms with Gasteiger partial charge in [0.15, 0.2) is 5.82 Å². The van der Waals surface area contributed by atoms with E-state index >= 15 is 0 Å². The summed E-state index contributed by atoms with van der Waals surface area (Å²) < 4.78 is 25.8. The summed E-state index contributed by atoms with van der Waals surface area (Å²) in [5.41, 5.74) is 1.70. The van der Waals surface area contributed by atoms with Crippen LogP contribution in [-0.4, -0.2) is 48.3 Å². The smallest absolute Gasteiger partial charge is 0.243 e. The average molecular weight is 334 g/mol. The Kier molecular flexibility index (Phi) is 6.69. The molecule has 7 nitrogen and oxygen atoms in total. The fourth-order valence-corrected chi connectivity index (χ4v) is 2.89. The van der Waals surface area contributed by atoms with Crippen molar-refractivity contribution in [2.75, 3.05) is 23.1 Å². The first-order valence-electron chi connectivity index (χ1n) is 6.62. The normalized spacial score (nSPS) is 13.1. The number of nitrogens with one attached hydrogen (secondary N) is 3. The van der Waals surface area contributed by atoms with E-state index < -0.39 is 22.0 Å². The standard InChI is InChI=1S/C12H22N4O3S2/c1-5-21(18,19)16-10(6-7-20-4)12(17)13-11-8(2)9(3)14-15-11/h10,16H,5-7H2,1-4H3,(H2,13,14,15,17). The summed E-state index contributed by atoms with van der Waals surface area (Å²) in [7, 11) is -3.44. The monoisotopic (exact) mass is 334 g/mol. The molecule has 21 heavy (non-hydrogen) atoms. The van der Waals surface area contributed by atoms with Crippen LogP contribution in [0, 0.1) is 13.8 Å². The van der Waals surface area contributed by atoms with E-state index in [2.05, 4.69) is 20.2 Å². The van der Waals surface area contributed by atoms with Gasteiger partial charge in [-0.05, 0) is 39.2 Å². The summed E-state index contributed by atoms with van der Waals surface area (Å²) >= 11 is 1.56. The highest BCUT2D eigenvalue weighted by Gasteiger charge is 2.24. The molecule has 1 rings (SSSR count). The summed E-state index contributed by atoms with van der Waals surface area (Å²) in [6, 6.07) is -0.793. The van der Waals surface area contributed by atoms with Crippen molar-refractivity contribution >= 4 is 33.5 Å².